The van der Waals surface area contributed by atoms with Crippen molar-refractivity contribution in [3.8, 4) is 0 Å². The molecule has 2 aliphatic rings. The van der Waals surface area contributed by atoms with E-state index >= 15 is 0 Å². The Morgan fingerprint density at radius 2 is 1.59 bits per heavy atom. The van der Waals surface area contributed by atoms with E-state index in [-0.39, 0.29) is 34.5 Å². The highest BCUT2D eigenvalue weighted by atomic mass is 32.2. The maximum absolute atomic E-state index is 13.7. The van der Waals surface area contributed by atoms with Crippen LogP contribution in [-0.2, 0) is 30.2 Å². The van der Waals surface area contributed by atoms with Crippen LogP contribution in [0.5, 0.6) is 0 Å². The van der Waals surface area contributed by atoms with E-state index in [0.29, 0.717) is 5.56 Å². The second-order valence-corrected chi connectivity index (χ2v) is 25.7. The highest BCUT2D eigenvalue weighted by molar-refractivity contribution is 7.92. The number of hydrogen-bond acceptors (Lipinski definition) is 8. The van der Waals surface area contributed by atoms with E-state index in [1.54, 1.807) is 13.8 Å². The topological polar surface area (TPSA) is 135 Å². The molecule has 0 radical (unpaired) electrons. The molecule has 1 saturated heterocycles. The van der Waals surface area contributed by atoms with Gasteiger partial charge in [-0.05, 0) is 50.1 Å². The first kappa shape index (κ1) is 33.9. The minimum absolute atomic E-state index is 0.0416. The van der Waals surface area contributed by atoms with Crippen LogP contribution >= 0.6 is 0 Å². The highest BCUT2D eigenvalue weighted by Crippen LogP contribution is 2.52. The zero-order valence-electron chi connectivity index (χ0n) is 27.0. The number of sulfonamides is 1. The third kappa shape index (κ3) is 5.49. The predicted octanol–water partition coefficient (Wildman–Crippen LogP) is 3.46. The lowest BCUT2D eigenvalue weighted by Crippen LogP contribution is -2.65. The molecule has 3 heterocycles. The van der Waals surface area contributed by atoms with Crippen molar-refractivity contribution in [2.75, 3.05) is 13.7 Å². The molecule has 234 valence electrons. The first-order chi connectivity index (χ1) is 18.4. The summed E-state index contributed by atoms with van der Waals surface area (Å²) in [6.07, 6.45) is -1.51. The molecule has 14 heteroatoms. The molecule has 11 nitrogen and oxygen atoms in total. The Labute approximate surface area is 247 Å². The number of nitrogens with two attached hydrogens (primary N) is 1. The molecule has 0 unspecified atom stereocenters. The second kappa shape index (κ2) is 10.6. The van der Waals surface area contributed by atoms with Crippen molar-refractivity contribution in [1.82, 2.24) is 13.4 Å². The molecule has 3 rings (SSSR count). The monoisotopic (exact) mass is 630 g/mol. The smallest absolute Gasteiger partial charge is 0.333 e. The Morgan fingerprint density at radius 1 is 1.05 bits per heavy atom. The van der Waals surface area contributed by atoms with Crippen LogP contribution in [-0.4, -0.2) is 69.9 Å². The van der Waals surface area contributed by atoms with E-state index in [2.05, 4.69) is 67.7 Å². The summed E-state index contributed by atoms with van der Waals surface area (Å²) in [5, 5.41) is 0.683. The standard InChI is InChI=1S/C27H50N4O7SSi2/c1-14-30-22(32)18(2)15-31(24(30)33)23-21(38-41(12,13)26(6,7)8)27(19(28)17-39(34,35)29(27)9)20(37-23)16-36-40(10,11)25(3,4)5/h15,17,20-21,23H,14,16,28H2,1-13H3/t20-,21+,23-,27-/m1/s1. The first-order valence-corrected chi connectivity index (χ1v) is 21.4. The molecule has 1 aromatic heterocycles. The largest absolute Gasteiger partial charge is 0.414 e. The zero-order chi connectivity index (χ0) is 31.7. The molecule has 0 bridgehead atoms. The summed E-state index contributed by atoms with van der Waals surface area (Å²) in [7, 11) is -7.40. The van der Waals surface area contributed by atoms with Gasteiger partial charge in [-0.3, -0.25) is 13.9 Å². The van der Waals surface area contributed by atoms with Crippen LogP contribution < -0.4 is 17.0 Å². The van der Waals surface area contributed by atoms with Gasteiger partial charge in [0.1, 0.15) is 17.7 Å². The predicted molar refractivity (Wildman–Crippen MR) is 166 cm³/mol. The fourth-order valence-electron chi connectivity index (χ4n) is 4.94. The van der Waals surface area contributed by atoms with Gasteiger partial charge in [-0.1, -0.05) is 41.5 Å². The summed E-state index contributed by atoms with van der Waals surface area (Å²) in [6.45, 7) is 24.5. The first-order valence-electron chi connectivity index (χ1n) is 14.1. The Kier molecular flexibility index (Phi) is 8.74. The van der Waals surface area contributed by atoms with E-state index in [9.17, 15) is 18.0 Å². The zero-order valence-corrected chi connectivity index (χ0v) is 29.8. The van der Waals surface area contributed by atoms with Crippen molar-refractivity contribution >= 4 is 26.7 Å². The molecule has 4 atom stereocenters. The average Bonchev–Trinajstić information content (AvgIpc) is 3.20. The average molecular weight is 631 g/mol. The van der Waals surface area contributed by atoms with Gasteiger partial charge in [0, 0.05) is 31.0 Å². The molecule has 0 aliphatic carbocycles. The van der Waals surface area contributed by atoms with Gasteiger partial charge in [0.15, 0.2) is 22.9 Å². The minimum Gasteiger partial charge on any atom is -0.414 e. The van der Waals surface area contributed by atoms with Crippen LogP contribution in [0.15, 0.2) is 26.9 Å². The fraction of sp³-hybridized carbons (Fsp3) is 0.778. The summed E-state index contributed by atoms with van der Waals surface area (Å²) in [5.74, 6) is 0. The Balaban J connectivity index is 2.35. The lowest BCUT2D eigenvalue weighted by Gasteiger charge is -2.46. The van der Waals surface area contributed by atoms with E-state index in [1.165, 1.54) is 22.1 Å². The molecule has 0 saturated carbocycles. The number of likely N-dealkylation sites (N-methyl/N-ethyl adjacent to an activating group) is 1. The molecular formula is C27H50N4O7SSi2. The van der Waals surface area contributed by atoms with E-state index in [0.717, 1.165) is 9.98 Å². The van der Waals surface area contributed by atoms with Crippen LogP contribution in [0, 0.1) is 6.92 Å². The fourth-order valence-corrected chi connectivity index (χ4v) is 8.64. The number of rotatable bonds is 7. The maximum atomic E-state index is 13.7. The Bertz CT molecular complexity index is 1440. The molecule has 1 aromatic rings. The summed E-state index contributed by atoms with van der Waals surface area (Å²) in [6, 6.07) is 0. The lowest BCUT2D eigenvalue weighted by molar-refractivity contribution is -0.0513. The number of nitrogens with zero attached hydrogens (tertiary/aromatic N) is 3. The van der Waals surface area contributed by atoms with Crippen LogP contribution in [0.1, 0.15) is 60.3 Å². The van der Waals surface area contributed by atoms with Gasteiger partial charge in [0.25, 0.3) is 5.56 Å². The lowest BCUT2D eigenvalue weighted by atomic mass is 9.85. The summed E-state index contributed by atoms with van der Waals surface area (Å²) >= 11 is 0. The highest BCUT2D eigenvalue weighted by Gasteiger charge is 2.68. The van der Waals surface area contributed by atoms with E-state index in [4.69, 9.17) is 19.3 Å². The van der Waals surface area contributed by atoms with Crippen molar-refractivity contribution in [1.29, 1.82) is 0 Å². The van der Waals surface area contributed by atoms with E-state index in [1.807, 2.05) is 0 Å². The second-order valence-electron chi connectivity index (χ2n) is 14.3. The van der Waals surface area contributed by atoms with Gasteiger partial charge in [0.2, 0.25) is 10.0 Å². The van der Waals surface area contributed by atoms with Gasteiger partial charge in [-0.2, -0.15) is 4.31 Å². The number of aryl methyl sites for hydroxylation is 1. The maximum Gasteiger partial charge on any atom is 0.333 e. The molecule has 41 heavy (non-hydrogen) atoms. The van der Waals surface area contributed by atoms with Crippen LogP contribution in [0.3, 0.4) is 0 Å². The summed E-state index contributed by atoms with van der Waals surface area (Å²) in [5.41, 5.74) is 4.66. The molecule has 1 spiro atoms. The molecule has 1 fully saturated rings. The van der Waals surface area contributed by atoms with Gasteiger partial charge >= 0.3 is 5.69 Å². The normalized spacial score (nSPS) is 27.5. The number of ether oxygens (including phenoxy) is 1. The number of aromatic nitrogens is 2. The third-order valence-electron chi connectivity index (χ3n) is 9.72. The molecule has 0 amide bonds. The summed E-state index contributed by atoms with van der Waals surface area (Å²) in [4.78, 5) is 26.5. The molecule has 0 aromatic carbocycles. The van der Waals surface area contributed by atoms with Crippen molar-refractivity contribution in [2.45, 2.75) is 122 Å². The Hall–Kier alpha value is -1.56. The van der Waals surface area contributed by atoms with Crippen LogP contribution in [0.2, 0.25) is 36.3 Å². The number of hydrogen-bond donors (Lipinski definition) is 1. The van der Waals surface area contributed by atoms with E-state index < -0.39 is 56.3 Å². The van der Waals surface area contributed by atoms with Gasteiger partial charge in [0.05, 0.1) is 12.0 Å². The molecular weight excluding hydrogens is 581 g/mol. The molecule has 2 aliphatic heterocycles. The van der Waals surface area contributed by atoms with Crippen LogP contribution in [0.25, 0.3) is 0 Å². The van der Waals surface area contributed by atoms with Crippen molar-refractivity contribution in [3.63, 3.8) is 0 Å². The van der Waals surface area contributed by atoms with Crippen molar-refractivity contribution in [2.24, 2.45) is 5.73 Å². The van der Waals surface area contributed by atoms with Crippen LogP contribution in [0.4, 0.5) is 0 Å². The van der Waals surface area contributed by atoms with Crippen molar-refractivity contribution < 1.29 is 22.0 Å². The summed E-state index contributed by atoms with van der Waals surface area (Å²) < 4.78 is 50.8. The van der Waals surface area contributed by atoms with Gasteiger partial charge < -0.3 is 19.3 Å². The third-order valence-corrected chi connectivity index (χ3v) is 20.3. The van der Waals surface area contributed by atoms with Gasteiger partial charge in [-0.25, -0.2) is 13.2 Å². The van der Waals surface area contributed by atoms with Crippen molar-refractivity contribution in [3.05, 3.63) is 43.7 Å². The van der Waals surface area contributed by atoms with Gasteiger partial charge in [-0.15, -0.1) is 0 Å². The SMILES string of the molecule is CCn1c(=O)c(C)cn([C@@H]2O[C@H](CO[Si](C)(C)C(C)(C)C)[C@]3(C(N)=CS(=O)(=O)N3C)[C@H]2O[Si](C)(C)C(C)(C)C)c1=O. The minimum atomic E-state index is -3.93. The molecule has 2 N–H and O–H groups in total. The quantitative estimate of drug-likeness (QED) is 0.453. The Morgan fingerprint density at radius 3 is 2.02 bits per heavy atom.